The highest BCUT2D eigenvalue weighted by atomic mass is 32.2. The number of aliphatic imine (C=N–C) groups is 1. The van der Waals surface area contributed by atoms with Crippen LogP contribution in [0.2, 0.25) is 0 Å². The zero-order valence-corrected chi connectivity index (χ0v) is 11.2. The fourth-order valence-electron chi connectivity index (χ4n) is 1.39. The first-order chi connectivity index (χ1) is 8.78. The summed E-state index contributed by atoms with van der Waals surface area (Å²) in [6.07, 6.45) is 0. The number of rotatable bonds is 3. The van der Waals surface area contributed by atoms with Crippen molar-refractivity contribution in [3.63, 3.8) is 0 Å². The Morgan fingerprint density at radius 2 is 2.50 bits per heavy atom. The van der Waals surface area contributed by atoms with Crippen LogP contribution in [0.4, 0.5) is 5.69 Å². The van der Waals surface area contributed by atoms with E-state index in [-0.39, 0.29) is 5.91 Å². The molecule has 0 saturated carbocycles. The maximum Gasteiger partial charge on any atom is 0.234 e. The maximum absolute atomic E-state index is 11.7. The molecule has 0 radical (unpaired) electrons. The molecule has 0 bridgehead atoms. The summed E-state index contributed by atoms with van der Waals surface area (Å²) in [7, 11) is 0. The molecule has 1 aromatic carbocycles. The Kier molecular flexibility index (Phi) is 4.67. The Bertz CT molecular complexity index is 522. The van der Waals surface area contributed by atoms with E-state index in [1.807, 2.05) is 6.07 Å². The highest BCUT2D eigenvalue weighted by Crippen LogP contribution is 2.22. The van der Waals surface area contributed by atoms with Gasteiger partial charge in [-0.2, -0.15) is 5.26 Å². The summed E-state index contributed by atoms with van der Waals surface area (Å²) in [5, 5.41) is 11.5. The molecule has 4 nitrogen and oxygen atoms in total. The van der Waals surface area contributed by atoms with Crippen molar-refractivity contribution in [1.82, 2.24) is 0 Å². The van der Waals surface area contributed by atoms with Crippen molar-refractivity contribution < 1.29 is 4.79 Å². The van der Waals surface area contributed by atoms with E-state index in [9.17, 15) is 4.79 Å². The van der Waals surface area contributed by atoms with Gasteiger partial charge in [-0.3, -0.25) is 9.79 Å². The monoisotopic (exact) mass is 277 g/mol. The molecule has 1 N–H and O–H groups in total. The van der Waals surface area contributed by atoms with Crippen LogP contribution in [0, 0.1) is 11.3 Å². The molecule has 0 spiro atoms. The van der Waals surface area contributed by atoms with Gasteiger partial charge in [0.25, 0.3) is 0 Å². The van der Waals surface area contributed by atoms with Gasteiger partial charge in [0.1, 0.15) is 4.38 Å². The molecule has 1 aliphatic rings. The summed E-state index contributed by atoms with van der Waals surface area (Å²) < 4.78 is 0.982. The lowest BCUT2D eigenvalue weighted by atomic mass is 10.2. The second kappa shape index (κ2) is 6.47. The highest BCUT2D eigenvalue weighted by molar-refractivity contribution is 8.39. The number of anilines is 1. The van der Waals surface area contributed by atoms with Gasteiger partial charge in [0.05, 0.1) is 23.9 Å². The minimum atomic E-state index is -0.0784. The lowest BCUT2D eigenvalue weighted by Gasteiger charge is -2.04. The van der Waals surface area contributed by atoms with Crippen LogP contribution in [-0.2, 0) is 4.79 Å². The van der Waals surface area contributed by atoms with E-state index < -0.39 is 0 Å². The van der Waals surface area contributed by atoms with E-state index in [0.29, 0.717) is 17.0 Å². The summed E-state index contributed by atoms with van der Waals surface area (Å²) in [5.74, 6) is 1.28. The molecule has 0 fully saturated rings. The van der Waals surface area contributed by atoms with Gasteiger partial charge in [0, 0.05) is 11.4 Å². The first-order valence-corrected chi connectivity index (χ1v) is 7.35. The zero-order chi connectivity index (χ0) is 12.8. The van der Waals surface area contributed by atoms with Crippen molar-refractivity contribution in [1.29, 1.82) is 5.26 Å². The Morgan fingerprint density at radius 1 is 1.61 bits per heavy atom. The van der Waals surface area contributed by atoms with Crippen LogP contribution in [0.1, 0.15) is 5.56 Å². The second-order valence-electron chi connectivity index (χ2n) is 3.53. The van der Waals surface area contributed by atoms with Crippen LogP contribution < -0.4 is 5.32 Å². The Morgan fingerprint density at radius 3 is 3.22 bits per heavy atom. The van der Waals surface area contributed by atoms with Crippen molar-refractivity contribution in [3.05, 3.63) is 29.8 Å². The number of carbonyl (C=O) groups excluding carboxylic acids is 1. The number of benzene rings is 1. The lowest BCUT2D eigenvalue weighted by Crippen LogP contribution is -2.14. The Hall–Kier alpha value is -1.45. The van der Waals surface area contributed by atoms with Gasteiger partial charge in [-0.25, -0.2) is 0 Å². The fraction of sp³-hybridized carbons (Fsp3) is 0.250. The van der Waals surface area contributed by atoms with E-state index in [1.54, 1.807) is 36.0 Å². The molecule has 0 aliphatic carbocycles. The average Bonchev–Trinajstić information content (AvgIpc) is 2.90. The van der Waals surface area contributed by atoms with Crippen LogP contribution in [0.5, 0.6) is 0 Å². The van der Waals surface area contributed by atoms with E-state index in [2.05, 4.69) is 10.3 Å². The molecule has 1 amide bonds. The molecule has 18 heavy (non-hydrogen) atoms. The van der Waals surface area contributed by atoms with Crippen LogP contribution in [0.3, 0.4) is 0 Å². The van der Waals surface area contributed by atoms with Gasteiger partial charge >= 0.3 is 0 Å². The van der Waals surface area contributed by atoms with Gasteiger partial charge in [-0.15, -0.1) is 0 Å². The molecule has 0 atom stereocenters. The minimum absolute atomic E-state index is 0.0784. The molecule has 1 heterocycles. The number of nitrogens with one attached hydrogen (secondary N) is 1. The van der Waals surface area contributed by atoms with Crippen molar-refractivity contribution in [2.24, 2.45) is 4.99 Å². The predicted octanol–water partition coefficient (Wildman–Crippen LogP) is 2.33. The van der Waals surface area contributed by atoms with Gasteiger partial charge in [-0.1, -0.05) is 29.6 Å². The van der Waals surface area contributed by atoms with Crippen LogP contribution in [0.25, 0.3) is 0 Å². The summed E-state index contributed by atoms with van der Waals surface area (Å²) in [6.45, 7) is 0.846. The minimum Gasteiger partial charge on any atom is -0.325 e. The Balaban J connectivity index is 1.85. The third-order valence-corrected chi connectivity index (χ3v) is 4.41. The van der Waals surface area contributed by atoms with Crippen molar-refractivity contribution in [2.75, 3.05) is 23.4 Å². The molecule has 6 heteroatoms. The van der Waals surface area contributed by atoms with Crippen molar-refractivity contribution in [3.8, 4) is 6.07 Å². The van der Waals surface area contributed by atoms with Crippen LogP contribution >= 0.6 is 23.5 Å². The second-order valence-corrected chi connectivity index (χ2v) is 5.83. The third-order valence-electron chi connectivity index (χ3n) is 2.16. The normalized spacial score (nSPS) is 13.8. The van der Waals surface area contributed by atoms with Crippen LogP contribution in [0.15, 0.2) is 29.3 Å². The number of hydrogen-bond acceptors (Lipinski definition) is 5. The number of hydrogen-bond donors (Lipinski definition) is 1. The van der Waals surface area contributed by atoms with Gasteiger partial charge < -0.3 is 5.32 Å². The predicted molar refractivity (Wildman–Crippen MR) is 77.0 cm³/mol. The zero-order valence-electron chi connectivity index (χ0n) is 9.55. The lowest BCUT2D eigenvalue weighted by molar-refractivity contribution is -0.113. The summed E-state index contributed by atoms with van der Waals surface area (Å²) in [6, 6.07) is 8.92. The quantitative estimate of drug-likeness (QED) is 0.921. The maximum atomic E-state index is 11.7. The van der Waals surface area contributed by atoms with Gasteiger partial charge in [0.15, 0.2) is 0 Å². The number of carbonyl (C=O) groups is 1. The number of nitrogens with zero attached hydrogens (tertiary/aromatic N) is 2. The molecule has 0 unspecified atom stereocenters. The first kappa shape index (κ1) is 13.0. The van der Waals surface area contributed by atoms with E-state index >= 15 is 0 Å². The van der Waals surface area contributed by atoms with E-state index in [1.165, 1.54) is 11.8 Å². The smallest absolute Gasteiger partial charge is 0.234 e. The number of nitriles is 1. The average molecular weight is 277 g/mol. The standard InChI is InChI=1S/C12H11N3OS2/c13-7-9-2-1-3-10(6-9)15-11(16)8-18-12-14-4-5-17-12/h1-3,6H,4-5,8H2,(H,15,16). The van der Waals surface area contributed by atoms with Crippen molar-refractivity contribution >= 4 is 39.5 Å². The molecule has 0 saturated heterocycles. The first-order valence-electron chi connectivity index (χ1n) is 5.38. The number of thioether (sulfide) groups is 2. The molecule has 0 aromatic heterocycles. The summed E-state index contributed by atoms with van der Waals surface area (Å²) in [5.41, 5.74) is 1.19. The molecule has 92 valence electrons. The molecular formula is C12H11N3OS2. The molecular weight excluding hydrogens is 266 g/mol. The van der Waals surface area contributed by atoms with Gasteiger partial charge in [0.2, 0.25) is 5.91 Å². The number of amides is 1. The fourth-order valence-corrected chi connectivity index (χ4v) is 3.20. The SMILES string of the molecule is N#Cc1cccc(NC(=O)CSC2=NCCS2)c1. The molecule has 1 aromatic rings. The van der Waals surface area contributed by atoms with Crippen molar-refractivity contribution in [2.45, 2.75) is 0 Å². The largest absolute Gasteiger partial charge is 0.325 e. The topological polar surface area (TPSA) is 65.2 Å². The highest BCUT2D eigenvalue weighted by Gasteiger charge is 2.10. The third kappa shape index (κ3) is 3.79. The Labute approximate surface area is 114 Å². The van der Waals surface area contributed by atoms with Gasteiger partial charge in [-0.05, 0) is 18.2 Å². The van der Waals surface area contributed by atoms with E-state index in [4.69, 9.17) is 5.26 Å². The molecule has 2 rings (SSSR count). The van der Waals surface area contributed by atoms with E-state index in [0.717, 1.165) is 16.7 Å². The molecule has 1 aliphatic heterocycles. The summed E-state index contributed by atoms with van der Waals surface area (Å²) >= 11 is 3.14. The van der Waals surface area contributed by atoms with Crippen LogP contribution in [-0.4, -0.2) is 28.3 Å². The summed E-state index contributed by atoms with van der Waals surface area (Å²) in [4.78, 5) is 16.0.